The molecule has 2 aliphatic carbocycles. The third-order valence-corrected chi connectivity index (χ3v) is 4.30. The lowest BCUT2D eigenvalue weighted by Gasteiger charge is -2.16. The van der Waals surface area contributed by atoms with Crippen LogP contribution >= 0.6 is 0 Å². The minimum Gasteiger partial charge on any atom is -0.383 e. The Morgan fingerprint density at radius 3 is 2.74 bits per heavy atom. The zero-order chi connectivity index (χ0) is 13.5. The minimum atomic E-state index is -0.475. The van der Waals surface area contributed by atoms with Gasteiger partial charge in [-0.15, -0.1) is 0 Å². The van der Waals surface area contributed by atoms with Gasteiger partial charge in [0.25, 0.3) is 5.69 Å². The summed E-state index contributed by atoms with van der Waals surface area (Å²) in [6, 6.07) is 6.44. The number of anilines is 1. The van der Waals surface area contributed by atoms with Gasteiger partial charge in [0.15, 0.2) is 0 Å². The van der Waals surface area contributed by atoms with Crippen LogP contribution in [0.4, 0.5) is 11.4 Å². The molecule has 5 nitrogen and oxygen atoms in total. The number of rotatable bonds is 5. The van der Waals surface area contributed by atoms with Gasteiger partial charge < -0.3 is 5.32 Å². The van der Waals surface area contributed by atoms with Crippen LogP contribution in [-0.2, 0) is 0 Å². The van der Waals surface area contributed by atoms with Crippen LogP contribution < -0.4 is 5.32 Å². The van der Waals surface area contributed by atoms with Gasteiger partial charge in [-0.2, -0.15) is 5.26 Å². The van der Waals surface area contributed by atoms with Crippen LogP contribution in [0.15, 0.2) is 18.2 Å². The summed E-state index contributed by atoms with van der Waals surface area (Å²) in [4.78, 5) is 10.2. The lowest BCUT2D eigenvalue weighted by atomic mass is 10.0. The Hall–Kier alpha value is -2.09. The second kappa shape index (κ2) is 4.23. The van der Waals surface area contributed by atoms with E-state index in [1.54, 1.807) is 6.07 Å². The number of non-ortho nitro benzene ring substituents is 1. The highest BCUT2D eigenvalue weighted by Crippen LogP contribution is 2.61. The largest absolute Gasteiger partial charge is 0.383 e. The molecule has 98 valence electrons. The third kappa shape index (κ3) is 2.26. The van der Waals surface area contributed by atoms with E-state index < -0.39 is 4.92 Å². The van der Waals surface area contributed by atoms with Crippen LogP contribution in [0.2, 0.25) is 0 Å². The Balaban J connectivity index is 1.74. The second-order valence-corrected chi connectivity index (χ2v) is 5.59. The standard InChI is InChI=1S/C14H15N3O2/c15-8-10-7-12(17(18)19)3-4-13(10)16-9-14(5-6-14)11-1-2-11/h3-4,7,11,16H,1-2,5-6,9H2. The van der Waals surface area contributed by atoms with Gasteiger partial charge in [-0.05, 0) is 43.1 Å². The van der Waals surface area contributed by atoms with Crippen LogP contribution in [-0.4, -0.2) is 11.5 Å². The van der Waals surface area contributed by atoms with Gasteiger partial charge in [0.1, 0.15) is 6.07 Å². The quantitative estimate of drug-likeness (QED) is 0.649. The van der Waals surface area contributed by atoms with E-state index in [-0.39, 0.29) is 5.69 Å². The molecule has 0 amide bonds. The molecule has 1 aromatic rings. The highest BCUT2D eigenvalue weighted by Gasteiger charge is 2.53. The molecule has 1 aromatic carbocycles. The average Bonchev–Trinajstić information content (AvgIpc) is 3.28. The Morgan fingerprint density at radius 2 is 2.21 bits per heavy atom. The number of benzene rings is 1. The van der Waals surface area contributed by atoms with Gasteiger partial charge in [-0.3, -0.25) is 10.1 Å². The molecule has 0 saturated heterocycles. The van der Waals surface area contributed by atoms with Crippen molar-refractivity contribution >= 4 is 11.4 Å². The number of nitro groups is 1. The summed E-state index contributed by atoms with van der Waals surface area (Å²) < 4.78 is 0. The number of nitrogens with zero attached hydrogens (tertiary/aromatic N) is 2. The maximum absolute atomic E-state index is 10.7. The van der Waals surface area contributed by atoms with Gasteiger partial charge in [0.2, 0.25) is 0 Å². The Morgan fingerprint density at radius 1 is 1.47 bits per heavy atom. The Bertz CT molecular complexity index is 569. The fourth-order valence-electron chi connectivity index (χ4n) is 2.75. The molecule has 1 N–H and O–H groups in total. The summed E-state index contributed by atoms with van der Waals surface area (Å²) >= 11 is 0. The first-order valence-corrected chi connectivity index (χ1v) is 6.57. The van der Waals surface area contributed by atoms with E-state index >= 15 is 0 Å². The van der Waals surface area contributed by atoms with Crippen molar-refractivity contribution in [1.82, 2.24) is 0 Å². The summed E-state index contributed by atoms with van der Waals surface area (Å²) in [6.45, 7) is 0.879. The van der Waals surface area contributed by atoms with Crippen LogP contribution in [0.1, 0.15) is 31.2 Å². The van der Waals surface area contributed by atoms with Gasteiger partial charge in [-0.1, -0.05) is 0 Å². The predicted octanol–water partition coefficient (Wildman–Crippen LogP) is 3.07. The van der Waals surface area contributed by atoms with Gasteiger partial charge in [-0.25, -0.2) is 0 Å². The van der Waals surface area contributed by atoms with E-state index in [0.29, 0.717) is 16.7 Å². The topological polar surface area (TPSA) is 79.0 Å². The number of hydrogen-bond acceptors (Lipinski definition) is 4. The Kier molecular flexibility index (Phi) is 2.67. The van der Waals surface area contributed by atoms with Gasteiger partial charge in [0.05, 0.1) is 16.2 Å². The summed E-state index contributed by atoms with van der Waals surface area (Å²) in [5.41, 5.74) is 1.46. The summed E-state index contributed by atoms with van der Waals surface area (Å²) in [7, 11) is 0. The first kappa shape index (κ1) is 12.0. The molecule has 5 heteroatoms. The van der Waals surface area contributed by atoms with Crippen molar-refractivity contribution in [1.29, 1.82) is 5.26 Å². The van der Waals surface area contributed by atoms with Crippen LogP contribution in [0.25, 0.3) is 0 Å². The molecule has 0 aromatic heterocycles. The van der Waals surface area contributed by atoms with E-state index in [2.05, 4.69) is 5.32 Å². The molecule has 0 aliphatic heterocycles. The smallest absolute Gasteiger partial charge is 0.270 e. The molecule has 2 fully saturated rings. The maximum atomic E-state index is 10.7. The van der Waals surface area contributed by atoms with Crippen LogP contribution in [0.5, 0.6) is 0 Å². The minimum absolute atomic E-state index is 0.0366. The third-order valence-electron chi connectivity index (χ3n) is 4.30. The molecule has 3 rings (SSSR count). The van der Waals surface area contributed by atoms with Gasteiger partial charge >= 0.3 is 0 Å². The van der Waals surface area contributed by atoms with E-state index in [9.17, 15) is 10.1 Å². The molecular weight excluding hydrogens is 242 g/mol. The SMILES string of the molecule is N#Cc1cc([N+](=O)[O-])ccc1NCC1(C2CC2)CC1. The molecule has 19 heavy (non-hydrogen) atoms. The molecule has 0 atom stereocenters. The summed E-state index contributed by atoms with van der Waals surface area (Å²) in [6.07, 6.45) is 5.18. The lowest BCUT2D eigenvalue weighted by Crippen LogP contribution is -2.17. The fourth-order valence-corrected chi connectivity index (χ4v) is 2.75. The van der Waals surface area contributed by atoms with Crippen molar-refractivity contribution in [3.63, 3.8) is 0 Å². The van der Waals surface area contributed by atoms with Crippen molar-refractivity contribution in [2.45, 2.75) is 25.7 Å². The van der Waals surface area contributed by atoms with E-state index in [4.69, 9.17) is 5.26 Å². The molecule has 0 bridgehead atoms. The van der Waals surface area contributed by atoms with E-state index in [0.717, 1.165) is 12.5 Å². The fraction of sp³-hybridized carbons (Fsp3) is 0.500. The predicted molar refractivity (Wildman–Crippen MR) is 70.7 cm³/mol. The number of nitriles is 1. The first-order valence-electron chi connectivity index (χ1n) is 6.57. The normalized spacial score (nSPS) is 19.5. The highest BCUT2D eigenvalue weighted by molar-refractivity contribution is 5.61. The number of nitro benzene ring substituents is 1. The second-order valence-electron chi connectivity index (χ2n) is 5.59. The van der Waals surface area contributed by atoms with Crippen molar-refractivity contribution in [3.8, 4) is 6.07 Å². The molecule has 0 radical (unpaired) electrons. The average molecular weight is 257 g/mol. The Labute approximate surface area is 111 Å². The van der Waals surface area contributed by atoms with Crippen molar-refractivity contribution < 1.29 is 4.92 Å². The van der Waals surface area contributed by atoms with Gasteiger partial charge in [0, 0.05) is 18.7 Å². The zero-order valence-electron chi connectivity index (χ0n) is 10.6. The molecule has 0 heterocycles. The monoisotopic (exact) mass is 257 g/mol. The van der Waals surface area contributed by atoms with E-state index in [1.807, 2.05) is 6.07 Å². The molecule has 0 spiro atoms. The van der Waals surface area contributed by atoms with Crippen molar-refractivity contribution in [2.75, 3.05) is 11.9 Å². The highest BCUT2D eigenvalue weighted by atomic mass is 16.6. The lowest BCUT2D eigenvalue weighted by molar-refractivity contribution is -0.384. The zero-order valence-corrected chi connectivity index (χ0v) is 10.6. The molecule has 2 saturated carbocycles. The number of nitrogens with one attached hydrogen (secondary N) is 1. The maximum Gasteiger partial charge on any atom is 0.270 e. The van der Waals surface area contributed by atoms with E-state index in [1.165, 1.54) is 37.8 Å². The van der Waals surface area contributed by atoms with Crippen molar-refractivity contribution in [3.05, 3.63) is 33.9 Å². The first-order chi connectivity index (χ1) is 9.14. The van der Waals surface area contributed by atoms with Crippen LogP contribution in [0.3, 0.4) is 0 Å². The molecule has 0 unspecified atom stereocenters. The summed E-state index contributed by atoms with van der Waals surface area (Å²) in [5.74, 6) is 0.851. The molecule has 2 aliphatic rings. The number of hydrogen-bond donors (Lipinski definition) is 1. The summed E-state index contributed by atoms with van der Waals surface area (Å²) in [5, 5.41) is 23.1. The van der Waals surface area contributed by atoms with Crippen molar-refractivity contribution in [2.24, 2.45) is 11.3 Å². The van der Waals surface area contributed by atoms with Crippen LogP contribution in [0, 0.1) is 32.8 Å². The molecular formula is C14H15N3O2.